The second kappa shape index (κ2) is 5.09. The molecule has 0 saturated heterocycles. The van der Waals surface area contributed by atoms with E-state index in [0.29, 0.717) is 18.6 Å². The SMILES string of the molecule is COc1ccc(OC)c2c1CCC(O)(CC(=O)O)C2. The van der Waals surface area contributed by atoms with Crippen LogP contribution in [-0.2, 0) is 17.6 Å². The Bertz CT molecular complexity index is 497. The zero-order chi connectivity index (χ0) is 14.0. The first-order chi connectivity index (χ1) is 8.99. The van der Waals surface area contributed by atoms with Crippen LogP contribution >= 0.6 is 0 Å². The molecule has 1 aliphatic rings. The minimum atomic E-state index is -1.21. The Kier molecular flexibility index (Phi) is 3.66. The molecule has 0 radical (unpaired) electrons. The second-order valence-corrected chi connectivity index (χ2v) is 4.90. The zero-order valence-corrected chi connectivity index (χ0v) is 11.1. The molecular weight excluding hydrogens is 248 g/mol. The Morgan fingerprint density at radius 1 is 1.26 bits per heavy atom. The molecule has 0 spiro atoms. The van der Waals surface area contributed by atoms with Gasteiger partial charge >= 0.3 is 5.97 Å². The number of carboxylic acid groups (broad SMARTS) is 1. The summed E-state index contributed by atoms with van der Waals surface area (Å²) in [5.41, 5.74) is 0.632. The Morgan fingerprint density at radius 2 is 1.84 bits per heavy atom. The Labute approximate surface area is 111 Å². The molecule has 0 fully saturated rings. The maximum atomic E-state index is 10.8. The normalized spacial score (nSPS) is 21.6. The summed E-state index contributed by atoms with van der Waals surface area (Å²) < 4.78 is 10.6. The molecule has 19 heavy (non-hydrogen) atoms. The van der Waals surface area contributed by atoms with Crippen molar-refractivity contribution in [1.29, 1.82) is 0 Å². The van der Waals surface area contributed by atoms with Crippen molar-refractivity contribution >= 4 is 5.97 Å². The third-order valence-electron chi connectivity index (χ3n) is 3.61. The lowest BCUT2D eigenvalue weighted by Crippen LogP contribution is -2.38. The van der Waals surface area contributed by atoms with Crippen LogP contribution in [0.2, 0.25) is 0 Å². The van der Waals surface area contributed by atoms with E-state index in [1.807, 2.05) is 6.07 Å². The number of aliphatic carboxylic acids is 1. The highest BCUT2D eigenvalue weighted by atomic mass is 16.5. The molecule has 0 aliphatic heterocycles. The monoisotopic (exact) mass is 266 g/mol. The molecule has 2 N–H and O–H groups in total. The van der Waals surface area contributed by atoms with Crippen LogP contribution in [0.1, 0.15) is 24.0 Å². The maximum absolute atomic E-state index is 10.8. The van der Waals surface area contributed by atoms with E-state index in [9.17, 15) is 9.90 Å². The van der Waals surface area contributed by atoms with Crippen molar-refractivity contribution in [3.63, 3.8) is 0 Å². The number of benzene rings is 1. The Hall–Kier alpha value is -1.75. The van der Waals surface area contributed by atoms with Gasteiger partial charge in [-0.25, -0.2) is 0 Å². The van der Waals surface area contributed by atoms with Crippen LogP contribution in [0.3, 0.4) is 0 Å². The summed E-state index contributed by atoms with van der Waals surface area (Å²) in [7, 11) is 3.16. The van der Waals surface area contributed by atoms with Crippen molar-refractivity contribution in [3.8, 4) is 11.5 Å². The van der Waals surface area contributed by atoms with Gasteiger partial charge in [0.25, 0.3) is 0 Å². The number of carbonyl (C=O) groups is 1. The highest BCUT2D eigenvalue weighted by molar-refractivity contribution is 5.68. The van der Waals surface area contributed by atoms with Gasteiger partial charge < -0.3 is 19.7 Å². The molecule has 1 unspecified atom stereocenters. The molecule has 0 bridgehead atoms. The molecule has 5 nitrogen and oxygen atoms in total. The summed E-state index contributed by atoms with van der Waals surface area (Å²) >= 11 is 0. The van der Waals surface area contributed by atoms with E-state index in [-0.39, 0.29) is 12.8 Å². The van der Waals surface area contributed by atoms with E-state index in [4.69, 9.17) is 14.6 Å². The standard InChI is InChI=1S/C14H18O5/c1-18-11-3-4-12(19-2)10-7-14(17,8-13(15)16)6-5-9(10)11/h3-4,17H,5-8H2,1-2H3,(H,15,16). The van der Waals surface area contributed by atoms with E-state index < -0.39 is 11.6 Å². The molecule has 104 valence electrons. The third kappa shape index (κ3) is 2.66. The number of hydrogen-bond acceptors (Lipinski definition) is 4. The van der Waals surface area contributed by atoms with E-state index in [2.05, 4.69) is 0 Å². The molecule has 0 saturated carbocycles. The lowest BCUT2D eigenvalue weighted by atomic mass is 9.78. The number of fused-ring (bicyclic) bond motifs is 1. The highest BCUT2D eigenvalue weighted by Crippen LogP contribution is 2.40. The number of hydrogen-bond donors (Lipinski definition) is 2. The quantitative estimate of drug-likeness (QED) is 0.861. The van der Waals surface area contributed by atoms with Crippen LogP contribution in [0.5, 0.6) is 11.5 Å². The lowest BCUT2D eigenvalue weighted by Gasteiger charge is -2.33. The fourth-order valence-corrected chi connectivity index (χ4v) is 2.71. The lowest BCUT2D eigenvalue weighted by molar-refractivity contribution is -0.143. The molecule has 5 heteroatoms. The van der Waals surface area contributed by atoms with Gasteiger partial charge in [0.2, 0.25) is 0 Å². The number of rotatable bonds is 4. The molecule has 0 heterocycles. The molecule has 0 aromatic heterocycles. The van der Waals surface area contributed by atoms with Gasteiger partial charge in [-0.05, 0) is 25.0 Å². The molecule has 1 aliphatic carbocycles. The number of methoxy groups -OCH3 is 2. The van der Waals surface area contributed by atoms with Crippen molar-refractivity contribution in [2.24, 2.45) is 0 Å². The first-order valence-electron chi connectivity index (χ1n) is 6.16. The third-order valence-corrected chi connectivity index (χ3v) is 3.61. The fourth-order valence-electron chi connectivity index (χ4n) is 2.71. The predicted molar refractivity (Wildman–Crippen MR) is 68.8 cm³/mol. The summed E-state index contributed by atoms with van der Waals surface area (Å²) in [4.78, 5) is 10.8. The number of aliphatic hydroxyl groups is 1. The Morgan fingerprint density at radius 3 is 2.37 bits per heavy atom. The summed E-state index contributed by atoms with van der Waals surface area (Å²) in [6.07, 6.45) is 1.01. The summed E-state index contributed by atoms with van der Waals surface area (Å²) in [6.45, 7) is 0. The Balaban J connectivity index is 2.40. The van der Waals surface area contributed by atoms with Gasteiger partial charge in [0, 0.05) is 17.5 Å². The number of ether oxygens (including phenoxy) is 2. The van der Waals surface area contributed by atoms with Crippen molar-refractivity contribution in [2.45, 2.75) is 31.3 Å². The fraction of sp³-hybridized carbons (Fsp3) is 0.500. The number of carboxylic acids is 1. The minimum absolute atomic E-state index is 0.257. The van der Waals surface area contributed by atoms with Crippen molar-refractivity contribution in [3.05, 3.63) is 23.3 Å². The molecule has 2 rings (SSSR count). The van der Waals surface area contributed by atoms with E-state index in [0.717, 1.165) is 16.9 Å². The van der Waals surface area contributed by atoms with Crippen LogP contribution in [0, 0.1) is 0 Å². The van der Waals surface area contributed by atoms with Crippen LogP contribution in [-0.4, -0.2) is 36.0 Å². The largest absolute Gasteiger partial charge is 0.496 e. The van der Waals surface area contributed by atoms with E-state index in [1.54, 1.807) is 20.3 Å². The van der Waals surface area contributed by atoms with Crippen LogP contribution in [0.4, 0.5) is 0 Å². The highest BCUT2D eigenvalue weighted by Gasteiger charge is 2.36. The zero-order valence-electron chi connectivity index (χ0n) is 11.1. The average molecular weight is 266 g/mol. The van der Waals surface area contributed by atoms with Crippen LogP contribution in [0.15, 0.2) is 12.1 Å². The summed E-state index contributed by atoms with van der Waals surface area (Å²) in [6, 6.07) is 3.61. The van der Waals surface area contributed by atoms with Crippen LogP contribution < -0.4 is 9.47 Å². The van der Waals surface area contributed by atoms with E-state index >= 15 is 0 Å². The first-order valence-corrected chi connectivity index (χ1v) is 6.16. The van der Waals surface area contributed by atoms with Gasteiger partial charge in [0.15, 0.2) is 0 Å². The average Bonchev–Trinajstić information content (AvgIpc) is 2.35. The molecular formula is C14H18O5. The topological polar surface area (TPSA) is 76.0 Å². The van der Waals surface area contributed by atoms with Gasteiger partial charge in [-0.15, -0.1) is 0 Å². The van der Waals surface area contributed by atoms with Gasteiger partial charge in [0.1, 0.15) is 11.5 Å². The van der Waals surface area contributed by atoms with Crippen LogP contribution in [0.25, 0.3) is 0 Å². The predicted octanol–water partition coefficient (Wildman–Crippen LogP) is 1.40. The second-order valence-electron chi connectivity index (χ2n) is 4.90. The first kappa shape index (κ1) is 13.7. The van der Waals surface area contributed by atoms with E-state index in [1.165, 1.54) is 0 Å². The van der Waals surface area contributed by atoms with Gasteiger partial charge in [-0.2, -0.15) is 0 Å². The minimum Gasteiger partial charge on any atom is -0.496 e. The van der Waals surface area contributed by atoms with Crippen molar-refractivity contribution < 1.29 is 24.5 Å². The molecule has 1 aromatic rings. The van der Waals surface area contributed by atoms with Gasteiger partial charge in [-0.3, -0.25) is 4.79 Å². The molecule has 1 atom stereocenters. The molecule has 1 aromatic carbocycles. The summed E-state index contributed by atoms with van der Waals surface area (Å²) in [5, 5.41) is 19.3. The van der Waals surface area contributed by atoms with Gasteiger partial charge in [0.05, 0.1) is 26.2 Å². The smallest absolute Gasteiger partial charge is 0.306 e. The van der Waals surface area contributed by atoms with Crippen molar-refractivity contribution in [1.82, 2.24) is 0 Å². The summed E-state index contributed by atoms with van der Waals surface area (Å²) in [5.74, 6) is 0.431. The van der Waals surface area contributed by atoms with Gasteiger partial charge in [-0.1, -0.05) is 0 Å². The maximum Gasteiger partial charge on any atom is 0.306 e. The molecule has 0 amide bonds. The van der Waals surface area contributed by atoms with Crippen molar-refractivity contribution in [2.75, 3.05) is 14.2 Å².